The Hall–Kier alpha value is -2.70. The van der Waals surface area contributed by atoms with Gasteiger partial charge in [-0.25, -0.2) is 18.0 Å². The van der Waals surface area contributed by atoms with E-state index in [2.05, 4.69) is 10.6 Å². The van der Waals surface area contributed by atoms with Crippen molar-refractivity contribution < 1.29 is 22.7 Å². The summed E-state index contributed by atoms with van der Waals surface area (Å²) in [7, 11) is 0. The molecule has 4 nitrogen and oxygen atoms in total. The molecule has 7 heteroatoms. The third-order valence-corrected chi connectivity index (χ3v) is 3.47. The highest BCUT2D eigenvalue weighted by atomic mass is 19.2. The number of rotatable bonds is 6. The molecule has 2 rings (SSSR count). The number of benzene rings is 2. The second-order valence-electron chi connectivity index (χ2n) is 5.64. The normalized spacial score (nSPS) is 10.6. The number of hydrogen-bond donors (Lipinski definition) is 2. The number of para-hydroxylation sites is 1. The summed E-state index contributed by atoms with van der Waals surface area (Å²) >= 11 is 0. The number of ether oxygens (including phenoxy) is 1. The van der Waals surface area contributed by atoms with Gasteiger partial charge < -0.3 is 15.4 Å². The Kier molecular flexibility index (Phi) is 6.27. The maximum absolute atomic E-state index is 13.5. The monoisotopic (exact) mass is 352 g/mol. The largest absolute Gasteiger partial charge is 0.491 e. The van der Waals surface area contributed by atoms with Crippen molar-refractivity contribution in [1.82, 2.24) is 5.32 Å². The first-order chi connectivity index (χ1) is 11.9. The first-order valence-corrected chi connectivity index (χ1v) is 7.80. The van der Waals surface area contributed by atoms with E-state index in [1.165, 1.54) is 0 Å². The van der Waals surface area contributed by atoms with E-state index in [-0.39, 0.29) is 13.2 Å². The van der Waals surface area contributed by atoms with Gasteiger partial charge in [0.25, 0.3) is 0 Å². The quantitative estimate of drug-likeness (QED) is 0.597. The minimum absolute atomic E-state index is 0.156. The van der Waals surface area contributed by atoms with Crippen molar-refractivity contribution in [1.29, 1.82) is 0 Å². The highest BCUT2D eigenvalue weighted by Crippen LogP contribution is 2.25. The fourth-order valence-electron chi connectivity index (χ4n) is 2.20. The Morgan fingerprint density at radius 3 is 2.52 bits per heavy atom. The minimum Gasteiger partial charge on any atom is -0.491 e. The van der Waals surface area contributed by atoms with Crippen molar-refractivity contribution in [2.24, 2.45) is 0 Å². The number of hydrogen-bond acceptors (Lipinski definition) is 2. The van der Waals surface area contributed by atoms with Crippen molar-refractivity contribution in [2.45, 2.75) is 19.8 Å². The van der Waals surface area contributed by atoms with E-state index in [0.29, 0.717) is 5.92 Å². The van der Waals surface area contributed by atoms with E-state index in [4.69, 9.17) is 4.74 Å². The number of amides is 2. The number of carbonyl (C=O) groups excluding carboxylic acids is 1. The van der Waals surface area contributed by atoms with Crippen molar-refractivity contribution >= 4 is 11.7 Å². The second kappa shape index (κ2) is 8.41. The highest BCUT2D eigenvalue weighted by molar-refractivity contribution is 5.89. The summed E-state index contributed by atoms with van der Waals surface area (Å²) in [6, 6.07) is 8.52. The molecule has 2 amide bonds. The minimum atomic E-state index is -1.63. The Bertz CT molecular complexity index is 751. The van der Waals surface area contributed by atoms with E-state index in [9.17, 15) is 18.0 Å². The van der Waals surface area contributed by atoms with Crippen LogP contribution in [0.3, 0.4) is 0 Å². The molecule has 0 saturated carbocycles. The average molecular weight is 352 g/mol. The van der Waals surface area contributed by atoms with E-state index in [1.54, 1.807) is 0 Å². The molecule has 0 aromatic heterocycles. The number of carbonyl (C=O) groups is 1. The van der Waals surface area contributed by atoms with Crippen LogP contribution in [0.2, 0.25) is 0 Å². The third-order valence-electron chi connectivity index (χ3n) is 3.47. The van der Waals surface area contributed by atoms with Gasteiger partial charge in [0.15, 0.2) is 17.5 Å². The van der Waals surface area contributed by atoms with Crippen LogP contribution in [-0.2, 0) is 0 Å². The zero-order valence-electron chi connectivity index (χ0n) is 13.9. The standard InChI is InChI=1S/C18H19F3N2O2/c1-11(2)12-5-3-4-6-15(12)25-10-9-22-18(24)23-14-8-7-13(19)16(20)17(14)21/h3-8,11H,9-10H2,1-2H3,(H2,22,23,24). The van der Waals surface area contributed by atoms with Crippen molar-refractivity contribution in [3.8, 4) is 5.75 Å². The summed E-state index contributed by atoms with van der Waals surface area (Å²) in [5.74, 6) is -3.38. The third kappa shape index (κ3) is 4.89. The Morgan fingerprint density at radius 1 is 1.08 bits per heavy atom. The predicted molar refractivity (Wildman–Crippen MR) is 89.4 cm³/mol. The van der Waals surface area contributed by atoms with Crippen LogP contribution in [-0.4, -0.2) is 19.2 Å². The lowest BCUT2D eigenvalue weighted by molar-refractivity contribution is 0.247. The number of nitrogens with one attached hydrogen (secondary N) is 2. The first-order valence-electron chi connectivity index (χ1n) is 7.80. The zero-order chi connectivity index (χ0) is 18.4. The number of halogens is 3. The van der Waals surface area contributed by atoms with Gasteiger partial charge in [0, 0.05) is 0 Å². The SMILES string of the molecule is CC(C)c1ccccc1OCCNC(=O)Nc1ccc(F)c(F)c1F. The summed E-state index contributed by atoms with van der Waals surface area (Å²) in [6.45, 7) is 4.45. The zero-order valence-corrected chi connectivity index (χ0v) is 13.9. The van der Waals surface area contributed by atoms with Gasteiger partial charge in [-0.3, -0.25) is 0 Å². The van der Waals surface area contributed by atoms with Crippen LogP contribution in [0.15, 0.2) is 36.4 Å². The van der Waals surface area contributed by atoms with Crippen LogP contribution in [0.25, 0.3) is 0 Å². The number of anilines is 1. The van der Waals surface area contributed by atoms with Crippen LogP contribution in [0.5, 0.6) is 5.75 Å². The molecule has 0 bridgehead atoms. The first kappa shape index (κ1) is 18.6. The van der Waals surface area contributed by atoms with Crippen LogP contribution in [0.1, 0.15) is 25.3 Å². The van der Waals surface area contributed by atoms with Crippen molar-refractivity contribution in [2.75, 3.05) is 18.5 Å². The van der Waals surface area contributed by atoms with Crippen molar-refractivity contribution in [3.05, 3.63) is 59.4 Å². The summed E-state index contributed by atoms with van der Waals surface area (Å²) in [5.41, 5.74) is 0.610. The van der Waals surface area contributed by atoms with Crippen molar-refractivity contribution in [3.63, 3.8) is 0 Å². The van der Waals surface area contributed by atoms with Crippen LogP contribution < -0.4 is 15.4 Å². The Labute approximate surface area is 144 Å². The lowest BCUT2D eigenvalue weighted by Crippen LogP contribution is -2.32. The maximum atomic E-state index is 13.5. The summed E-state index contributed by atoms with van der Waals surface area (Å²) < 4.78 is 45.0. The molecule has 25 heavy (non-hydrogen) atoms. The molecular weight excluding hydrogens is 333 g/mol. The van der Waals surface area contributed by atoms with Gasteiger partial charge in [-0.05, 0) is 29.7 Å². The average Bonchev–Trinajstić information content (AvgIpc) is 2.59. The van der Waals surface area contributed by atoms with E-state index in [0.717, 1.165) is 23.4 Å². The molecule has 0 fully saturated rings. The Balaban J connectivity index is 1.83. The van der Waals surface area contributed by atoms with Gasteiger partial charge in [-0.15, -0.1) is 0 Å². The van der Waals surface area contributed by atoms with Gasteiger partial charge in [-0.1, -0.05) is 32.0 Å². The summed E-state index contributed by atoms with van der Waals surface area (Å²) in [4.78, 5) is 11.7. The van der Waals surface area contributed by atoms with E-state index < -0.39 is 29.2 Å². The molecule has 0 atom stereocenters. The molecule has 0 aliphatic rings. The van der Waals surface area contributed by atoms with E-state index >= 15 is 0 Å². The van der Waals surface area contributed by atoms with Crippen LogP contribution >= 0.6 is 0 Å². The lowest BCUT2D eigenvalue weighted by Gasteiger charge is -2.14. The smallest absolute Gasteiger partial charge is 0.319 e. The number of urea groups is 1. The molecule has 2 aromatic rings. The highest BCUT2D eigenvalue weighted by Gasteiger charge is 2.15. The van der Waals surface area contributed by atoms with Crippen LogP contribution in [0, 0.1) is 17.5 Å². The second-order valence-corrected chi connectivity index (χ2v) is 5.64. The molecule has 0 unspecified atom stereocenters. The fourth-order valence-corrected chi connectivity index (χ4v) is 2.20. The van der Waals surface area contributed by atoms with Gasteiger partial charge in [-0.2, -0.15) is 0 Å². The molecule has 0 radical (unpaired) electrons. The molecule has 0 aliphatic carbocycles. The maximum Gasteiger partial charge on any atom is 0.319 e. The summed E-state index contributed by atoms with van der Waals surface area (Å²) in [5, 5.41) is 4.57. The van der Waals surface area contributed by atoms with E-state index in [1.807, 2.05) is 38.1 Å². The molecule has 0 spiro atoms. The van der Waals surface area contributed by atoms with Gasteiger partial charge >= 0.3 is 6.03 Å². The molecule has 134 valence electrons. The van der Waals surface area contributed by atoms with Gasteiger partial charge in [0.05, 0.1) is 12.2 Å². The molecule has 2 aromatic carbocycles. The molecule has 0 aliphatic heterocycles. The molecule has 0 saturated heterocycles. The summed E-state index contributed by atoms with van der Waals surface area (Å²) in [6.07, 6.45) is 0. The van der Waals surface area contributed by atoms with Crippen LogP contribution in [0.4, 0.5) is 23.7 Å². The molecule has 2 N–H and O–H groups in total. The van der Waals surface area contributed by atoms with Gasteiger partial charge in [0.2, 0.25) is 0 Å². The molecule has 0 heterocycles. The fraction of sp³-hybridized carbons (Fsp3) is 0.278. The van der Waals surface area contributed by atoms with Gasteiger partial charge in [0.1, 0.15) is 12.4 Å². The Morgan fingerprint density at radius 2 is 1.80 bits per heavy atom. The predicted octanol–water partition coefficient (Wildman–Crippen LogP) is 4.43. The lowest BCUT2D eigenvalue weighted by atomic mass is 10.0. The molecular formula is C18H19F3N2O2. The topological polar surface area (TPSA) is 50.4 Å².